The number of carbonyl (C=O) groups excluding carboxylic acids is 10. The molecule has 0 aromatic carbocycles. The summed E-state index contributed by atoms with van der Waals surface area (Å²) >= 11 is 0. The predicted octanol–water partition coefficient (Wildman–Crippen LogP) is -6.19. The Morgan fingerprint density at radius 3 is 1.21 bits per heavy atom. The van der Waals surface area contributed by atoms with Crippen molar-refractivity contribution in [2.75, 3.05) is 26.2 Å². The van der Waals surface area contributed by atoms with Crippen molar-refractivity contribution in [2.45, 2.75) is 193 Å². The number of nitrogens with one attached hydrogen (secondary N) is 9. The Balaban J connectivity index is 3.41. The average Bonchev–Trinajstić information content (AvgIpc) is 3.20. The maximum Gasteiger partial charge on any atom is 0.326 e. The number of carbonyl (C=O) groups is 12. The lowest BCUT2D eigenvalue weighted by Crippen LogP contribution is -2.60. The molecule has 86 heavy (non-hydrogen) atoms. The van der Waals surface area contributed by atoms with E-state index >= 15 is 0 Å². The van der Waals surface area contributed by atoms with Gasteiger partial charge in [0.2, 0.25) is 59.1 Å². The lowest BCUT2D eigenvalue weighted by atomic mass is 9.97. The molecule has 12 atom stereocenters. The monoisotopic (exact) mass is 1220 g/mol. The normalized spacial score (nSPS) is 16.7. The highest BCUT2D eigenvalue weighted by molar-refractivity contribution is 5.99. The van der Waals surface area contributed by atoms with Crippen LogP contribution >= 0.6 is 0 Å². The van der Waals surface area contributed by atoms with Gasteiger partial charge in [-0.05, 0) is 89.9 Å². The van der Waals surface area contributed by atoms with Crippen molar-refractivity contribution in [3.05, 3.63) is 0 Å². The Labute approximate surface area is 500 Å². The quantitative estimate of drug-likeness (QED) is 0.0155. The van der Waals surface area contributed by atoms with Crippen LogP contribution in [-0.2, 0) is 57.5 Å². The first-order chi connectivity index (χ1) is 40.1. The van der Waals surface area contributed by atoms with E-state index in [4.69, 9.17) is 40.1 Å². The van der Waals surface area contributed by atoms with Crippen LogP contribution in [0.2, 0.25) is 0 Å². The molecule has 25 N–H and O–H groups in total. The molecule has 1 aliphatic rings. The van der Waals surface area contributed by atoms with Crippen LogP contribution in [0.25, 0.3) is 0 Å². The molecule has 1 heterocycles. The molecule has 486 valence electrons. The zero-order valence-electron chi connectivity index (χ0n) is 50.6. The van der Waals surface area contributed by atoms with E-state index in [-0.39, 0.29) is 94.9 Å². The van der Waals surface area contributed by atoms with E-state index in [0.29, 0.717) is 12.8 Å². The molecule has 1 saturated heterocycles. The van der Waals surface area contributed by atoms with Gasteiger partial charge in [-0.1, -0.05) is 48.0 Å². The van der Waals surface area contributed by atoms with Gasteiger partial charge in [-0.2, -0.15) is 0 Å². The molecule has 34 heteroatoms. The number of guanidine groups is 3. The topological polar surface area (TPSA) is 576 Å². The lowest BCUT2D eigenvalue weighted by Gasteiger charge is -2.30. The maximum atomic E-state index is 14.1. The van der Waals surface area contributed by atoms with Gasteiger partial charge in [0.05, 0.1) is 12.5 Å². The summed E-state index contributed by atoms with van der Waals surface area (Å²) in [5, 5.41) is 41.8. The van der Waals surface area contributed by atoms with E-state index < -0.39 is 156 Å². The SMILES string of the molecule is CC[C@H](C)[C@H](N)C(=O)N[C@H](C(=O)N[C@@H](CCCN=C(N)N)C(=O)N[C@@H](CCCN=C(N)N)C(=O)N[C@@H](C)C(=O)N[C@@H](CC(=O)O)C(=O)N[C@@H](CCCN=C(N)N)C(=O)N[C@@H](C)C(=O)N[C@@H](C)C(=O)N[C@H](C(=O)N1CCC[C@H]1C(=O)O)C(C)C)C(C)C. The zero-order valence-corrected chi connectivity index (χ0v) is 50.6. The fraction of sp³-hybridized carbons (Fsp3) is 0.712. The molecule has 0 aliphatic carbocycles. The highest BCUT2D eigenvalue weighted by Crippen LogP contribution is 2.21. The van der Waals surface area contributed by atoms with Crippen LogP contribution < -0.4 is 88.0 Å². The molecule has 0 unspecified atom stereocenters. The number of carboxylic acid groups (broad SMARTS) is 2. The van der Waals surface area contributed by atoms with Crippen LogP contribution in [-0.4, -0.2) is 197 Å². The van der Waals surface area contributed by atoms with Crippen LogP contribution in [0.5, 0.6) is 0 Å². The number of aliphatic imine (C=N–C) groups is 3. The number of hydrogen-bond acceptors (Lipinski definition) is 16. The number of nitrogens with two attached hydrogens (primary N) is 7. The van der Waals surface area contributed by atoms with Gasteiger partial charge in [-0.25, -0.2) is 4.79 Å². The van der Waals surface area contributed by atoms with Gasteiger partial charge in [0.15, 0.2) is 17.9 Å². The van der Waals surface area contributed by atoms with E-state index in [1.54, 1.807) is 34.6 Å². The Morgan fingerprint density at radius 2 is 0.826 bits per heavy atom. The molecule has 0 bridgehead atoms. The lowest BCUT2D eigenvalue weighted by molar-refractivity contribution is -0.150. The first kappa shape index (κ1) is 75.4. The van der Waals surface area contributed by atoms with Gasteiger partial charge in [0, 0.05) is 26.2 Å². The van der Waals surface area contributed by atoms with E-state index in [0.717, 1.165) is 0 Å². The van der Waals surface area contributed by atoms with Gasteiger partial charge < -0.3 is 103 Å². The number of aliphatic carboxylic acids is 2. The van der Waals surface area contributed by atoms with Gasteiger partial charge in [0.1, 0.15) is 60.4 Å². The van der Waals surface area contributed by atoms with Crippen molar-refractivity contribution in [3.8, 4) is 0 Å². The van der Waals surface area contributed by atoms with E-state index in [1.165, 1.54) is 25.7 Å². The first-order valence-corrected chi connectivity index (χ1v) is 28.5. The fourth-order valence-electron chi connectivity index (χ4n) is 8.52. The van der Waals surface area contributed by atoms with Crippen molar-refractivity contribution in [2.24, 2.45) is 72.9 Å². The van der Waals surface area contributed by atoms with Crippen molar-refractivity contribution < 1.29 is 67.7 Å². The molecule has 0 spiro atoms. The molecule has 0 radical (unpaired) electrons. The smallest absolute Gasteiger partial charge is 0.326 e. The number of likely N-dealkylation sites (tertiary alicyclic amines) is 1. The second kappa shape index (κ2) is 37.7. The zero-order chi connectivity index (χ0) is 65.7. The maximum absolute atomic E-state index is 14.1. The summed E-state index contributed by atoms with van der Waals surface area (Å²) in [5.74, 6) is -13.5. The highest BCUT2D eigenvalue weighted by atomic mass is 16.4. The summed E-state index contributed by atoms with van der Waals surface area (Å²) in [7, 11) is 0. The Bertz CT molecular complexity index is 2450. The minimum Gasteiger partial charge on any atom is -0.481 e. The molecule has 1 rings (SSSR count). The van der Waals surface area contributed by atoms with Crippen LogP contribution in [0.3, 0.4) is 0 Å². The van der Waals surface area contributed by atoms with Crippen molar-refractivity contribution in [1.29, 1.82) is 0 Å². The molecule has 0 aromatic heterocycles. The molecule has 10 amide bonds. The van der Waals surface area contributed by atoms with Crippen molar-refractivity contribution in [1.82, 2.24) is 52.8 Å². The van der Waals surface area contributed by atoms with Crippen molar-refractivity contribution >= 4 is 88.9 Å². The summed E-state index contributed by atoms with van der Waals surface area (Å²) in [6.07, 6.45) is 0.0403. The average molecular weight is 1220 g/mol. The predicted molar refractivity (Wildman–Crippen MR) is 316 cm³/mol. The summed E-state index contributed by atoms with van der Waals surface area (Å²) in [4.78, 5) is 173. The third-order valence-electron chi connectivity index (χ3n) is 13.9. The molecular weight excluding hydrogens is 1130 g/mol. The molecular formula is C52H94N20O14. The second-order valence-electron chi connectivity index (χ2n) is 21.8. The molecule has 34 nitrogen and oxygen atoms in total. The highest BCUT2D eigenvalue weighted by Gasteiger charge is 2.40. The standard InChI is InChI=1S/C52H94N20O14/c1-10-26(6)36(53)46(82)70-37(24(2)3)47(83)68-32(17-13-21-62-52(58)59)44(80)66-30(15-11-19-60-50(54)55)42(78)65-28(8)40(76)69-33(23-35(73)74)45(81)67-31(16-12-20-61-51(56)57)43(79)64-27(7)39(75)63-29(9)41(77)71-38(25(4)5)48(84)72-22-14-18-34(72)49(85)86/h24-34,36-38H,10-23,53H2,1-9H3,(H,63,75)(H,64,79)(H,65,78)(H,66,80)(H,67,81)(H,68,83)(H,69,76)(H,70,82)(H,71,77)(H,73,74)(H,85,86)(H4,54,55,60)(H4,56,57,61)(H4,58,59,62)/t26-,27-,28-,29-,30-,31-,32-,33-,34-,36-,37-,38-/m0/s1. The van der Waals surface area contributed by atoms with E-state index in [1.807, 2.05) is 6.92 Å². The Morgan fingerprint density at radius 1 is 0.477 bits per heavy atom. The van der Waals surface area contributed by atoms with Gasteiger partial charge in [-0.15, -0.1) is 0 Å². The molecule has 1 aliphatic heterocycles. The molecule has 1 fully saturated rings. The largest absolute Gasteiger partial charge is 0.481 e. The molecule has 0 saturated carbocycles. The third kappa shape index (κ3) is 27.0. The summed E-state index contributed by atoms with van der Waals surface area (Å²) in [6, 6.07) is -14.8. The second-order valence-corrected chi connectivity index (χ2v) is 21.8. The van der Waals surface area contributed by atoms with Gasteiger partial charge in [-0.3, -0.25) is 67.7 Å². The summed E-state index contributed by atoms with van der Waals surface area (Å²) in [6.45, 7) is 14.2. The first-order valence-electron chi connectivity index (χ1n) is 28.5. The third-order valence-corrected chi connectivity index (χ3v) is 13.9. The number of rotatable bonds is 38. The number of hydrogen-bond donors (Lipinski definition) is 18. The number of nitrogens with zero attached hydrogens (tertiary/aromatic N) is 4. The van der Waals surface area contributed by atoms with Crippen molar-refractivity contribution in [3.63, 3.8) is 0 Å². The van der Waals surface area contributed by atoms with Gasteiger partial charge >= 0.3 is 11.9 Å². The Hall–Kier alpha value is -8.59. The number of amides is 10. The van der Waals surface area contributed by atoms with E-state index in [2.05, 4.69) is 62.8 Å². The summed E-state index contributed by atoms with van der Waals surface area (Å²) in [5.41, 5.74) is 39.0. The Kier molecular flexibility index (Phi) is 33.0. The summed E-state index contributed by atoms with van der Waals surface area (Å²) < 4.78 is 0. The minimum absolute atomic E-state index is 0.0170. The number of carboxylic acids is 2. The van der Waals surface area contributed by atoms with Crippen LogP contribution in [0.4, 0.5) is 0 Å². The molecule has 0 aromatic rings. The van der Waals surface area contributed by atoms with Crippen LogP contribution in [0, 0.1) is 17.8 Å². The van der Waals surface area contributed by atoms with E-state index in [9.17, 15) is 67.7 Å². The van der Waals surface area contributed by atoms with Gasteiger partial charge in [0.25, 0.3) is 0 Å². The van der Waals surface area contributed by atoms with Crippen LogP contribution in [0.15, 0.2) is 15.0 Å². The fourth-order valence-corrected chi connectivity index (χ4v) is 8.52. The van der Waals surface area contributed by atoms with Crippen LogP contribution in [0.1, 0.15) is 127 Å². The minimum atomic E-state index is -1.90.